The van der Waals surface area contributed by atoms with Crippen LogP contribution in [0, 0.1) is 0 Å². The Labute approximate surface area is 114 Å². The van der Waals surface area contributed by atoms with E-state index in [-0.39, 0.29) is 11.9 Å². The molecule has 0 aliphatic carbocycles. The Balaban J connectivity index is 2.28. The minimum absolute atomic E-state index is 0.108. The Morgan fingerprint density at radius 1 is 1.58 bits per heavy atom. The molecule has 0 spiro atoms. The molecule has 0 radical (unpaired) electrons. The van der Waals surface area contributed by atoms with Gasteiger partial charge in [-0.25, -0.2) is 0 Å². The molecule has 1 heterocycles. The van der Waals surface area contributed by atoms with Crippen molar-refractivity contribution in [3.63, 3.8) is 0 Å². The normalized spacial score (nSPS) is 15.8. The molecule has 5 nitrogen and oxygen atoms in total. The standard InChI is InChI=1S/C14H24N2O3/c1-4-7-14(3,18)10-16-11(2)13(17)15-9-12-6-5-8-19-12/h5-6,8,11,16,18H,4,7,9-10H2,1-3H3,(H,15,17). The fourth-order valence-electron chi connectivity index (χ4n) is 1.83. The maximum Gasteiger partial charge on any atom is 0.237 e. The van der Waals surface area contributed by atoms with Gasteiger partial charge in [-0.2, -0.15) is 0 Å². The van der Waals surface area contributed by atoms with Gasteiger partial charge in [0.05, 0.1) is 24.5 Å². The van der Waals surface area contributed by atoms with E-state index < -0.39 is 5.60 Å². The second-order valence-corrected chi connectivity index (χ2v) is 5.15. The maximum absolute atomic E-state index is 11.8. The number of carbonyl (C=O) groups is 1. The van der Waals surface area contributed by atoms with Crippen molar-refractivity contribution in [3.05, 3.63) is 24.2 Å². The van der Waals surface area contributed by atoms with E-state index >= 15 is 0 Å². The SMILES string of the molecule is CCCC(C)(O)CNC(C)C(=O)NCc1ccco1. The van der Waals surface area contributed by atoms with Crippen LogP contribution in [0.5, 0.6) is 0 Å². The topological polar surface area (TPSA) is 74.5 Å². The second kappa shape index (κ2) is 7.31. The summed E-state index contributed by atoms with van der Waals surface area (Å²) in [5.41, 5.74) is -0.774. The van der Waals surface area contributed by atoms with Gasteiger partial charge in [-0.15, -0.1) is 0 Å². The molecule has 0 aliphatic heterocycles. The minimum atomic E-state index is -0.774. The molecule has 1 amide bonds. The number of furan rings is 1. The molecular formula is C14H24N2O3. The van der Waals surface area contributed by atoms with E-state index in [1.54, 1.807) is 26.2 Å². The molecule has 1 aromatic heterocycles. The first-order chi connectivity index (χ1) is 8.94. The number of nitrogens with one attached hydrogen (secondary N) is 2. The first-order valence-corrected chi connectivity index (χ1v) is 6.70. The largest absolute Gasteiger partial charge is 0.467 e. The summed E-state index contributed by atoms with van der Waals surface area (Å²) in [6.07, 6.45) is 3.19. The van der Waals surface area contributed by atoms with E-state index in [2.05, 4.69) is 10.6 Å². The highest BCUT2D eigenvalue weighted by Crippen LogP contribution is 2.10. The Hall–Kier alpha value is -1.33. The second-order valence-electron chi connectivity index (χ2n) is 5.15. The predicted octanol–water partition coefficient (Wildman–Crippen LogP) is 1.42. The third-order valence-corrected chi connectivity index (χ3v) is 2.99. The van der Waals surface area contributed by atoms with E-state index in [1.165, 1.54) is 0 Å². The Kier molecular flexibility index (Phi) is 6.05. The molecule has 0 aliphatic rings. The fourth-order valence-corrected chi connectivity index (χ4v) is 1.83. The fraction of sp³-hybridized carbons (Fsp3) is 0.643. The van der Waals surface area contributed by atoms with Crippen LogP contribution >= 0.6 is 0 Å². The Morgan fingerprint density at radius 2 is 2.32 bits per heavy atom. The molecule has 108 valence electrons. The molecule has 0 fully saturated rings. The van der Waals surface area contributed by atoms with Crippen molar-refractivity contribution in [2.45, 2.75) is 51.8 Å². The highest BCUT2D eigenvalue weighted by Gasteiger charge is 2.21. The highest BCUT2D eigenvalue weighted by atomic mass is 16.3. The summed E-state index contributed by atoms with van der Waals surface area (Å²) in [5.74, 6) is 0.613. The van der Waals surface area contributed by atoms with Gasteiger partial charge in [-0.3, -0.25) is 4.79 Å². The van der Waals surface area contributed by atoms with E-state index in [1.807, 2.05) is 13.0 Å². The summed E-state index contributed by atoms with van der Waals surface area (Å²) >= 11 is 0. The van der Waals surface area contributed by atoms with Crippen LogP contribution in [0.1, 0.15) is 39.4 Å². The van der Waals surface area contributed by atoms with Crippen molar-refractivity contribution in [1.29, 1.82) is 0 Å². The lowest BCUT2D eigenvalue weighted by molar-refractivity contribution is -0.123. The van der Waals surface area contributed by atoms with Gasteiger partial charge in [0, 0.05) is 6.54 Å². The molecule has 1 rings (SSSR count). The summed E-state index contributed by atoms with van der Waals surface area (Å²) < 4.78 is 5.13. The van der Waals surface area contributed by atoms with Crippen LogP contribution in [0.2, 0.25) is 0 Å². The minimum Gasteiger partial charge on any atom is -0.467 e. The average molecular weight is 268 g/mol. The third-order valence-electron chi connectivity index (χ3n) is 2.99. The molecule has 2 atom stereocenters. The molecule has 3 N–H and O–H groups in total. The van der Waals surface area contributed by atoms with Crippen molar-refractivity contribution in [2.24, 2.45) is 0 Å². The quantitative estimate of drug-likeness (QED) is 0.666. The Bertz CT molecular complexity index is 374. The van der Waals surface area contributed by atoms with Crippen LogP contribution in [0.15, 0.2) is 22.8 Å². The van der Waals surface area contributed by atoms with Gasteiger partial charge in [0.25, 0.3) is 0 Å². The zero-order valence-corrected chi connectivity index (χ0v) is 11.9. The number of rotatable bonds is 8. The molecule has 19 heavy (non-hydrogen) atoms. The van der Waals surface area contributed by atoms with Crippen molar-refractivity contribution in [2.75, 3.05) is 6.54 Å². The third kappa shape index (κ3) is 5.89. The number of aliphatic hydroxyl groups is 1. The van der Waals surface area contributed by atoms with Gasteiger partial charge in [-0.05, 0) is 32.4 Å². The van der Waals surface area contributed by atoms with Gasteiger partial charge in [0.15, 0.2) is 0 Å². The lowest BCUT2D eigenvalue weighted by atomic mass is 10.0. The highest BCUT2D eigenvalue weighted by molar-refractivity contribution is 5.81. The van der Waals surface area contributed by atoms with E-state index in [9.17, 15) is 9.90 Å². The van der Waals surface area contributed by atoms with Crippen LogP contribution in [-0.4, -0.2) is 29.2 Å². The van der Waals surface area contributed by atoms with E-state index in [4.69, 9.17) is 4.42 Å². The molecular weight excluding hydrogens is 244 g/mol. The molecule has 0 bridgehead atoms. The van der Waals surface area contributed by atoms with Gasteiger partial charge >= 0.3 is 0 Å². The summed E-state index contributed by atoms with van der Waals surface area (Å²) in [4.78, 5) is 11.8. The zero-order valence-electron chi connectivity index (χ0n) is 11.9. The first kappa shape index (κ1) is 15.7. The zero-order chi connectivity index (χ0) is 14.3. The predicted molar refractivity (Wildman–Crippen MR) is 73.6 cm³/mol. The van der Waals surface area contributed by atoms with Crippen molar-refractivity contribution in [3.8, 4) is 0 Å². The number of carbonyl (C=O) groups excluding carboxylic acids is 1. The number of hydrogen-bond acceptors (Lipinski definition) is 4. The van der Waals surface area contributed by atoms with Crippen LogP contribution in [0.4, 0.5) is 0 Å². The summed E-state index contributed by atoms with van der Waals surface area (Å²) in [6.45, 7) is 6.35. The van der Waals surface area contributed by atoms with Gasteiger partial charge in [-0.1, -0.05) is 13.3 Å². The van der Waals surface area contributed by atoms with Gasteiger partial charge in [0.2, 0.25) is 5.91 Å². The summed E-state index contributed by atoms with van der Waals surface area (Å²) in [6, 6.07) is 3.24. The summed E-state index contributed by atoms with van der Waals surface area (Å²) in [5, 5.41) is 15.8. The maximum atomic E-state index is 11.8. The summed E-state index contributed by atoms with van der Waals surface area (Å²) in [7, 11) is 0. The van der Waals surface area contributed by atoms with Crippen LogP contribution in [0.3, 0.4) is 0 Å². The smallest absolute Gasteiger partial charge is 0.237 e. The lowest BCUT2D eigenvalue weighted by Crippen LogP contribution is -2.47. The first-order valence-electron chi connectivity index (χ1n) is 6.70. The lowest BCUT2D eigenvalue weighted by Gasteiger charge is -2.25. The van der Waals surface area contributed by atoms with Crippen molar-refractivity contribution < 1.29 is 14.3 Å². The van der Waals surface area contributed by atoms with E-state index in [0.29, 0.717) is 19.5 Å². The molecule has 0 saturated heterocycles. The number of amides is 1. The van der Waals surface area contributed by atoms with Crippen LogP contribution < -0.4 is 10.6 Å². The van der Waals surface area contributed by atoms with Crippen molar-refractivity contribution in [1.82, 2.24) is 10.6 Å². The molecule has 2 unspecified atom stereocenters. The van der Waals surface area contributed by atoms with Crippen molar-refractivity contribution >= 4 is 5.91 Å². The monoisotopic (exact) mass is 268 g/mol. The molecule has 0 saturated carbocycles. The Morgan fingerprint density at radius 3 is 2.89 bits per heavy atom. The van der Waals surface area contributed by atoms with Gasteiger partial charge in [0.1, 0.15) is 5.76 Å². The van der Waals surface area contributed by atoms with Crippen LogP contribution in [-0.2, 0) is 11.3 Å². The molecule has 1 aromatic rings. The molecule has 5 heteroatoms. The molecule has 0 aromatic carbocycles. The van der Waals surface area contributed by atoms with E-state index in [0.717, 1.165) is 12.2 Å². The van der Waals surface area contributed by atoms with Gasteiger partial charge < -0.3 is 20.2 Å². The number of hydrogen-bond donors (Lipinski definition) is 3. The van der Waals surface area contributed by atoms with Crippen LogP contribution in [0.25, 0.3) is 0 Å². The average Bonchev–Trinajstić information content (AvgIpc) is 2.86.